The number of piperidine rings is 1. The summed E-state index contributed by atoms with van der Waals surface area (Å²) in [6.45, 7) is 8.09. The molecular formula is C18H27ClN4O2. The maximum absolute atomic E-state index is 11.0. The molecule has 25 heavy (non-hydrogen) atoms. The van der Waals surface area contributed by atoms with Gasteiger partial charge in [-0.25, -0.2) is 0 Å². The van der Waals surface area contributed by atoms with E-state index in [1.165, 1.54) is 31.9 Å². The van der Waals surface area contributed by atoms with Gasteiger partial charge in [-0.3, -0.25) is 15.0 Å². The number of likely N-dealkylation sites (N-methyl/N-ethyl adjacent to an activating group) is 1. The summed E-state index contributed by atoms with van der Waals surface area (Å²) >= 11 is 6.36. The lowest BCUT2D eigenvalue weighted by molar-refractivity contribution is -0.384. The van der Waals surface area contributed by atoms with Crippen molar-refractivity contribution in [1.82, 2.24) is 9.80 Å². The molecule has 0 amide bonds. The van der Waals surface area contributed by atoms with Crippen molar-refractivity contribution >= 4 is 23.0 Å². The Hall–Kier alpha value is -1.37. The van der Waals surface area contributed by atoms with Crippen LogP contribution in [0.25, 0.3) is 0 Å². The number of rotatable bonds is 4. The molecule has 0 aliphatic carbocycles. The minimum atomic E-state index is -0.388. The monoisotopic (exact) mass is 366 g/mol. The average molecular weight is 367 g/mol. The van der Waals surface area contributed by atoms with Crippen molar-refractivity contribution in [1.29, 1.82) is 0 Å². The molecule has 0 saturated carbocycles. The van der Waals surface area contributed by atoms with Crippen LogP contribution < -0.4 is 4.90 Å². The fourth-order valence-corrected chi connectivity index (χ4v) is 4.43. The van der Waals surface area contributed by atoms with E-state index in [0.717, 1.165) is 44.0 Å². The number of nitrogens with zero attached hydrogens (tertiary/aromatic N) is 4. The van der Waals surface area contributed by atoms with Crippen LogP contribution in [0.15, 0.2) is 12.1 Å². The Labute approximate surface area is 154 Å². The Morgan fingerprint density at radius 3 is 2.52 bits per heavy atom. The van der Waals surface area contributed by atoms with Crippen LogP contribution in [0.1, 0.15) is 24.8 Å². The molecular weight excluding hydrogens is 340 g/mol. The van der Waals surface area contributed by atoms with Crippen molar-refractivity contribution in [2.45, 2.75) is 32.2 Å². The molecule has 1 aromatic rings. The minimum Gasteiger partial charge on any atom is -0.368 e. The first-order valence-electron chi connectivity index (χ1n) is 9.08. The highest BCUT2D eigenvalue weighted by Crippen LogP contribution is 2.34. The third-order valence-corrected chi connectivity index (χ3v) is 5.82. The lowest BCUT2D eigenvalue weighted by atomic mass is 10.0. The number of benzene rings is 1. The Bertz CT molecular complexity index is 608. The molecule has 2 saturated heterocycles. The van der Waals surface area contributed by atoms with Gasteiger partial charge in [0, 0.05) is 50.9 Å². The lowest BCUT2D eigenvalue weighted by Gasteiger charge is -2.41. The molecule has 3 rings (SSSR count). The van der Waals surface area contributed by atoms with E-state index in [4.69, 9.17) is 11.6 Å². The first-order chi connectivity index (χ1) is 12.0. The van der Waals surface area contributed by atoms with Crippen LogP contribution in [-0.2, 0) is 0 Å². The lowest BCUT2D eigenvalue weighted by Crippen LogP contribution is -2.52. The smallest absolute Gasteiger partial charge is 0.271 e. The standard InChI is InChI=1S/C18H27ClN4O2/c1-14-11-16(23(24)25)12-17(19)18(14)22-9-7-21(8-10-22)13-15-5-3-4-6-20(15)2/h11-12,15H,3-10,13H2,1-2H3. The van der Waals surface area contributed by atoms with Crippen LogP contribution in [0.3, 0.4) is 0 Å². The van der Waals surface area contributed by atoms with Crippen molar-refractivity contribution in [3.63, 3.8) is 0 Å². The molecule has 0 bridgehead atoms. The molecule has 2 heterocycles. The van der Waals surface area contributed by atoms with Gasteiger partial charge in [-0.05, 0) is 38.9 Å². The third kappa shape index (κ3) is 4.25. The highest BCUT2D eigenvalue weighted by Gasteiger charge is 2.26. The van der Waals surface area contributed by atoms with E-state index < -0.39 is 0 Å². The highest BCUT2D eigenvalue weighted by molar-refractivity contribution is 6.33. The molecule has 0 spiro atoms. The van der Waals surface area contributed by atoms with E-state index >= 15 is 0 Å². The average Bonchev–Trinajstić information content (AvgIpc) is 2.57. The van der Waals surface area contributed by atoms with Gasteiger partial charge in [-0.1, -0.05) is 18.0 Å². The number of hydrogen-bond acceptors (Lipinski definition) is 5. The van der Waals surface area contributed by atoms with Crippen molar-refractivity contribution in [3.05, 3.63) is 32.8 Å². The van der Waals surface area contributed by atoms with Crippen molar-refractivity contribution in [2.24, 2.45) is 0 Å². The summed E-state index contributed by atoms with van der Waals surface area (Å²) in [5, 5.41) is 11.5. The van der Waals surface area contributed by atoms with Gasteiger partial charge in [-0.15, -0.1) is 0 Å². The van der Waals surface area contributed by atoms with Crippen molar-refractivity contribution in [2.75, 3.05) is 51.2 Å². The predicted molar refractivity (Wildman–Crippen MR) is 102 cm³/mol. The largest absolute Gasteiger partial charge is 0.368 e. The molecule has 1 unspecified atom stereocenters. The zero-order valence-corrected chi connectivity index (χ0v) is 15.8. The van der Waals surface area contributed by atoms with E-state index in [-0.39, 0.29) is 10.6 Å². The molecule has 2 aliphatic rings. The summed E-state index contributed by atoms with van der Waals surface area (Å²) in [7, 11) is 2.24. The van der Waals surface area contributed by atoms with E-state index in [0.29, 0.717) is 11.1 Å². The maximum atomic E-state index is 11.0. The second-order valence-electron chi connectivity index (χ2n) is 7.27. The Morgan fingerprint density at radius 2 is 1.92 bits per heavy atom. The highest BCUT2D eigenvalue weighted by atomic mass is 35.5. The van der Waals surface area contributed by atoms with Gasteiger partial charge >= 0.3 is 0 Å². The van der Waals surface area contributed by atoms with E-state index in [9.17, 15) is 10.1 Å². The second-order valence-corrected chi connectivity index (χ2v) is 7.68. The van der Waals surface area contributed by atoms with Gasteiger partial charge in [0.2, 0.25) is 0 Å². The van der Waals surface area contributed by atoms with Gasteiger partial charge in [0.05, 0.1) is 15.6 Å². The Kier molecular flexibility index (Phi) is 5.81. The molecule has 2 aliphatic heterocycles. The zero-order chi connectivity index (χ0) is 18.0. The molecule has 2 fully saturated rings. The van der Waals surface area contributed by atoms with Crippen molar-refractivity contribution in [3.8, 4) is 0 Å². The zero-order valence-electron chi connectivity index (χ0n) is 15.1. The topological polar surface area (TPSA) is 52.9 Å². The number of anilines is 1. The summed E-state index contributed by atoms with van der Waals surface area (Å²) < 4.78 is 0. The summed E-state index contributed by atoms with van der Waals surface area (Å²) in [4.78, 5) is 17.9. The third-order valence-electron chi connectivity index (χ3n) is 5.53. The van der Waals surface area contributed by atoms with Crippen LogP contribution in [0.2, 0.25) is 5.02 Å². The molecule has 1 aromatic carbocycles. The Morgan fingerprint density at radius 1 is 1.20 bits per heavy atom. The van der Waals surface area contributed by atoms with E-state index in [1.807, 2.05) is 6.92 Å². The number of aryl methyl sites for hydroxylation is 1. The van der Waals surface area contributed by atoms with Gasteiger partial charge in [-0.2, -0.15) is 0 Å². The van der Waals surface area contributed by atoms with Gasteiger partial charge < -0.3 is 9.80 Å². The number of non-ortho nitro benzene ring substituents is 1. The molecule has 0 aromatic heterocycles. The van der Waals surface area contributed by atoms with E-state index in [2.05, 4.69) is 21.7 Å². The molecule has 0 radical (unpaired) electrons. The Balaban J connectivity index is 1.61. The minimum absolute atomic E-state index is 0.0604. The normalized spacial score (nSPS) is 23.0. The van der Waals surface area contributed by atoms with Crippen LogP contribution in [-0.4, -0.2) is 67.1 Å². The summed E-state index contributed by atoms with van der Waals surface area (Å²) in [5.41, 5.74) is 1.88. The number of halogens is 1. The SMILES string of the molecule is Cc1cc([N+](=O)[O-])cc(Cl)c1N1CCN(CC2CCCCN2C)CC1. The molecule has 6 nitrogen and oxygen atoms in total. The first-order valence-corrected chi connectivity index (χ1v) is 9.45. The van der Waals surface area contributed by atoms with Gasteiger partial charge in [0.15, 0.2) is 0 Å². The summed E-state index contributed by atoms with van der Waals surface area (Å²) in [6.07, 6.45) is 3.95. The number of likely N-dealkylation sites (tertiary alicyclic amines) is 1. The molecule has 138 valence electrons. The number of nitro groups is 1. The fraction of sp³-hybridized carbons (Fsp3) is 0.667. The number of piperazine rings is 1. The fourth-order valence-electron chi connectivity index (χ4n) is 4.05. The van der Waals surface area contributed by atoms with Crippen LogP contribution in [0, 0.1) is 17.0 Å². The molecule has 7 heteroatoms. The van der Waals surface area contributed by atoms with Crippen molar-refractivity contribution < 1.29 is 4.92 Å². The first kappa shape index (κ1) is 18.4. The van der Waals surface area contributed by atoms with Crippen LogP contribution in [0.4, 0.5) is 11.4 Å². The number of hydrogen-bond donors (Lipinski definition) is 0. The van der Waals surface area contributed by atoms with Gasteiger partial charge in [0.1, 0.15) is 0 Å². The maximum Gasteiger partial charge on any atom is 0.271 e. The van der Waals surface area contributed by atoms with E-state index in [1.54, 1.807) is 6.07 Å². The predicted octanol–water partition coefficient (Wildman–Crippen LogP) is 3.16. The molecule has 0 N–H and O–H groups in total. The number of nitro benzene ring substituents is 1. The van der Waals surface area contributed by atoms with Crippen LogP contribution in [0.5, 0.6) is 0 Å². The quantitative estimate of drug-likeness (QED) is 0.605. The van der Waals surface area contributed by atoms with Gasteiger partial charge in [0.25, 0.3) is 5.69 Å². The second kappa shape index (κ2) is 7.89. The molecule has 1 atom stereocenters. The summed E-state index contributed by atoms with van der Waals surface area (Å²) in [5.74, 6) is 0. The summed E-state index contributed by atoms with van der Waals surface area (Å²) in [6, 6.07) is 3.75. The van der Waals surface area contributed by atoms with Crippen LogP contribution >= 0.6 is 11.6 Å².